The lowest BCUT2D eigenvalue weighted by Crippen LogP contribution is -2.22. The zero-order chi connectivity index (χ0) is 14.5. The maximum atomic E-state index is 11.7. The quantitative estimate of drug-likeness (QED) is 0.877. The van der Waals surface area contributed by atoms with Crippen molar-refractivity contribution < 1.29 is 9.59 Å². The van der Waals surface area contributed by atoms with Crippen molar-refractivity contribution in [1.29, 1.82) is 0 Å². The molecule has 1 N–H and O–H groups in total. The van der Waals surface area contributed by atoms with E-state index >= 15 is 0 Å². The fraction of sp³-hybridized carbons (Fsp3) is 0.143. The first-order chi connectivity index (χ1) is 9.65. The normalized spacial score (nSPS) is 10.1. The van der Waals surface area contributed by atoms with Gasteiger partial charge in [0, 0.05) is 24.5 Å². The van der Waals surface area contributed by atoms with E-state index in [2.05, 4.69) is 15.3 Å². The van der Waals surface area contributed by atoms with Gasteiger partial charge in [0.25, 0.3) is 5.91 Å². The van der Waals surface area contributed by atoms with Crippen molar-refractivity contribution in [1.82, 2.24) is 15.3 Å². The van der Waals surface area contributed by atoms with E-state index < -0.39 is 0 Å². The monoisotopic (exact) mass is 289 g/mol. The van der Waals surface area contributed by atoms with Gasteiger partial charge in [-0.15, -0.1) is 0 Å². The molecule has 0 aliphatic carbocycles. The minimum atomic E-state index is -0.220. The number of amides is 1. The van der Waals surface area contributed by atoms with Crippen LogP contribution in [0.25, 0.3) is 11.3 Å². The molecule has 2 aromatic rings. The van der Waals surface area contributed by atoms with Gasteiger partial charge in [0.05, 0.1) is 16.3 Å². The molecule has 2 rings (SSSR count). The standard InChI is InChI=1S/C14H12ClN3O2/c1-2-16-14(20)10-5-12(15)13(18-7-10)9-3-4-11(8-19)17-6-9/h3-8H,2H2,1H3,(H,16,20). The molecule has 0 spiro atoms. The summed E-state index contributed by atoms with van der Waals surface area (Å²) in [6.45, 7) is 2.37. The second-order valence-corrected chi connectivity index (χ2v) is 4.41. The smallest absolute Gasteiger partial charge is 0.252 e. The fourth-order valence-electron chi connectivity index (χ4n) is 1.65. The van der Waals surface area contributed by atoms with Crippen molar-refractivity contribution >= 4 is 23.8 Å². The summed E-state index contributed by atoms with van der Waals surface area (Å²) in [5.41, 5.74) is 1.94. The molecule has 2 heterocycles. The molecular weight excluding hydrogens is 278 g/mol. The molecule has 0 unspecified atom stereocenters. The molecule has 0 saturated carbocycles. The van der Waals surface area contributed by atoms with E-state index in [4.69, 9.17) is 11.6 Å². The highest BCUT2D eigenvalue weighted by Crippen LogP contribution is 2.25. The number of nitrogens with zero attached hydrogens (tertiary/aromatic N) is 2. The van der Waals surface area contributed by atoms with Crippen LogP contribution in [0.15, 0.2) is 30.6 Å². The Bertz CT molecular complexity index is 641. The highest BCUT2D eigenvalue weighted by atomic mass is 35.5. The van der Waals surface area contributed by atoms with Crippen LogP contribution in [0.3, 0.4) is 0 Å². The fourth-order valence-corrected chi connectivity index (χ4v) is 1.93. The molecule has 20 heavy (non-hydrogen) atoms. The molecule has 2 aromatic heterocycles. The number of pyridine rings is 2. The van der Waals surface area contributed by atoms with Crippen molar-refractivity contribution in [3.8, 4) is 11.3 Å². The lowest BCUT2D eigenvalue weighted by molar-refractivity contribution is 0.0955. The van der Waals surface area contributed by atoms with Gasteiger partial charge in [0.1, 0.15) is 5.69 Å². The van der Waals surface area contributed by atoms with Crippen molar-refractivity contribution in [3.05, 3.63) is 46.9 Å². The van der Waals surface area contributed by atoms with Crippen molar-refractivity contribution in [2.45, 2.75) is 6.92 Å². The predicted molar refractivity (Wildman–Crippen MR) is 75.9 cm³/mol. The maximum Gasteiger partial charge on any atom is 0.252 e. The number of aromatic nitrogens is 2. The number of hydrogen-bond donors (Lipinski definition) is 1. The zero-order valence-electron chi connectivity index (χ0n) is 10.8. The Hall–Kier alpha value is -2.27. The first-order valence-electron chi connectivity index (χ1n) is 6.01. The van der Waals surface area contributed by atoms with Gasteiger partial charge in [-0.3, -0.25) is 19.6 Å². The van der Waals surface area contributed by atoms with E-state index in [1.165, 1.54) is 12.4 Å². The third-order valence-corrected chi connectivity index (χ3v) is 2.91. The first-order valence-corrected chi connectivity index (χ1v) is 6.39. The summed E-state index contributed by atoms with van der Waals surface area (Å²) in [7, 11) is 0. The zero-order valence-corrected chi connectivity index (χ0v) is 11.5. The molecule has 0 radical (unpaired) electrons. The highest BCUT2D eigenvalue weighted by molar-refractivity contribution is 6.33. The molecule has 0 aliphatic heterocycles. The minimum Gasteiger partial charge on any atom is -0.352 e. The number of carbonyl (C=O) groups is 2. The van der Waals surface area contributed by atoms with Gasteiger partial charge in [-0.1, -0.05) is 11.6 Å². The average Bonchev–Trinajstić information content (AvgIpc) is 2.47. The molecule has 0 fully saturated rings. The third kappa shape index (κ3) is 3.00. The summed E-state index contributed by atoms with van der Waals surface area (Å²) in [4.78, 5) is 30.4. The summed E-state index contributed by atoms with van der Waals surface area (Å²) in [6.07, 6.45) is 3.64. The van der Waals surface area contributed by atoms with Crippen molar-refractivity contribution in [2.75, 3.05) is 6.54 Å². The molecule has 102 valence electrons. The maximum absolute atomic E-state index is 11.7. The van der Waals surface area contributed by atoms with Gasteiger partial charge in [0.2, 0.25) is 0 Å². The second kappa shape index (κ2) is 6.25. The second-order valence-electron chi connectivity index (χ2n) is 4.00. The molecule has 6 heteroatoms. The molecule has 0 aromatic carbocycles. The van der Waals surface area contributed by atoms with Gasteiger partial charge < -0.3 is 5.32 Å². The van der Waals surface area contributed by atoms with E-state index in [0.29, 0.717) is 40.4 Å². The molecule has 0 atom stereocenters. The van der Waals surface area contributed by atoms with E-state index in [1.807, 2.05) is 6.92 Å². The van der Waals surface area contributed by atoms with E-state index in [0.717, 1.165) is 0 Å². The molecule has 1 amide bonds. The molecule has 0 aliphatic rings. The number of nitrogens with one attached hydrogen (secondary N) is 1. The van der Waals surface area contributed by atoms with Crippen LogP contribution in [0.5, 0.6) is 0 Å². The van der Waals surface area contributed by atoms with Gasteiger partial charge in [-0.2, -0.15) is 0 Å². The van der Waals surface area contributed by atoms with E-state index in [-0.39, 0.29) is 5.91 Å². The third-order valence-electron chi connectivity index (χ3n) is 2.62. The average molecular weight is 290 g/mol. The first kappa shape index (κ1) is 14.1. The number of hydrogen-bond acceptors (Lipinski definition) is 4. The molecule has 0 bridgehead atoms. The highest BCUT2D eigenvalue weighted by Gasteiger charge is 2.11. The Labute approximate surface area is 121 Å². The van der Waals surface area contributed by atoms with Gasteiger partial charge in [0.15, 0.2) is 6.29 Å². The summed E-state index contributed by atoms with van der Waals surface area (Å²) >= 11 is 6.14. The van der Waals surface area contributed by atoms with Gasteiger partial charge >= 0.3 is 0 Å². The Morgan fingerprint density at radius 1 is 1.35 bits per heavy atom. The SMILES string of the molecule is CCNC(=O)c1cnc(-c2ccc(C=O)nc2)c(Cl)c1. The van der Waals surface area contributed by atoms with Crippen LogP contribution in [-0.4, -0.2) is 28.7 Å². The molecule has 5 nitrogen and oxygen atoms in total. The van der Waals surface area contributed by atoms with Crippen LogP contribution in [0.1, 0.15) is 27.8 Å². The Kier molecular flexibility index (Phi) is 4.42. The van der Waals surface area contributed by atoms with Crippen molar-refractivity contribution in [2.24, 2.45) is 0 Å². The summed E-state index contributed by atoms with van der Waals surface area (Å²) in [5.74, 6) is -0.220. The summed E-state index contributed by atoms with van der Waals surface area (Å²) in [6, 6.07) is 4.84. The molecule has 0 saturated heterocycles. The van der Waals surface area contributed by atoms with Gasteiger partial charge in [-0.25, -0.2) is 0 Å². The number of halogens is 1. The Morgan fingerprint density at radius 2 is 2.15 bits per heavy atom. The van der Waals surface area contributed by atoms with Crippen LogP contribution >= 0.6 is 11.6 Å². The number of rotatable bonds is 4. The van der Waals surface area contributed by atoms with E-state index in [9.17, 15) is 9.59 Å². The summed E-state index contributed by atoms with van der Waals surface area (Å²) in [5, 5.41) is 3.03. The largest absolute Gasteiger partial charge is 0.352 e. The predicted octanol–water partition coefficient (Wildman–Crippen LogP) is 2.36. The van der Waals surface area contributed by atoms with Gasteiger partial charge in [-0.05, 0) is 25.1 Å². The van der Waals surface area contributed by atoms with Crippen LogP contribution in [0, 0.1) is 0 Å². The Morgan fingerprint density at radius 3 is 2.70 bits per heavy atom. The van der Waals surface area contributed by atoms with E-state index in [1.54, 1.807) is 18.2 Å². The lowest BCUT2D eigenvalue weighted by atomic mass is 10.1. The summed E-state index contributed by atoms with van der Waals surface area (Å²) < 4.78 is 0. The minimum absolute atomic E-state index is 0.220. The lowest BCUT2D eigenvalue weighted by Gasteiger charge is -2.06. The van der Waals surface area contributed by atoms with Crippen LogP contribution in [-0.2, 0) is 0 Å². The van der Waals surface area contributed by atoms with Crippen LogP contribution < -0.4 is 5.32 Å². The molecular formula is C14H12ClN3O2. The van der Waals surface area contributed by atoms with Crippen molar-refractivity contribution in [3.63, 3.8) is 0 Å². The number of carbonyl (C=O) groups excluding carboxylic acids is 2. The Balaban J connectivity index is 2.33. The van der Waals surface area contributed by atoms with Crippen LogP contribution in [0.4, 0.5) is 0 Å². The number of aldehydes is 1. The topological polar surface area (TPSA) is 72.0 Å². The van der Waals surface area contributed by atoms with Crippen LogP contribution in [0.2, 0.25) is 5.02 Å².